The number of para-hydroxylation sites is 1. The highest BCUT2D eigenvalue weighted by molar-refractivity contribution is 6.13. The summed E-state index contributed by atoms with van der Waals surface area (Å²) in [6.45, 7) is 5.63. The summed E-state index contributed by atoms with van der Waals surface area (Å²) in [6, 6.07) is 22.6. The number of amides is 1. The van der Waals surface area contributed by atoms with Crippen LogP contribution in [0.3, 0.4) is 0 Å². The molecule has 4 heteroatoms. The molecule has 0 bridgehead atoms. The van der Waals surface area contributed by atoms with Gasteiger partial charge >= 0.3 is 0 Å². The summed E-state index contributed by atoms with van der Waals surface area (Å²) in [5, 5.41) is 3.74. The summed E-state index contributed by atoms with van der Waals surface area (Å²) >= 11 is 0. The van der Waals surface area contributed by atoms with Gasteiger partial charge in [0.1, 0.15) is 0 Å². The van der Waals surface area contributed by atoms with Crippen molar-refractivity contribution < 1.29 is 9.59 Å². The minimum atomic E-state index is -0.213. The lowest BCUT2D eigenvalue weighted by Crippen LogP contribution is -2.13. The molecule has 0 radical (unpaired) electrons. The molecule has 0 aliphatic rings. The number of hydrogen-bond acceptors (Lipinski definition) is 3. The van der Waals surface area contributed by atoms with E-state index in [4.69, 9.17) is 4.98 Å². The number of carbonyl (C=O) groups is 2. The van der Waals surface area contributed by atoms with E-state index in [2.05, 4.69) is 31.3 Å². The maximum atomic E-state index is 13.2. The summed E-state index contributed by atoms with van der Waals surface area (Å²) in [5.41, 5.74) is 6.65. The van der Waals surface area contributed by atoms with E-state index in [0.717, 1.165) is 27.7 Å². The second-order valence-corrected chi connectivity index (χ2v) is 7.48. The number of carbonyl (C=O) groups excluding carboxylic acids is 2. The molecular weight excluding hydrogens is 372 g/mol. The van der Waals surface area contributed by atoms with E-state index in [-0.39, 0.29) is 11.7 Å². The zero-order valence-electron chi connectivity index (χ0n) is 17.2. The van der Waals surface area contributed by atoms with Crippen molar-refractivity contribution >= 4 is 28.3 Å². The minimum Gasteiger partial charge on any atom is -0.322 e. The van der Waals surface area contributed by atoms with Crippen LogP contribution in [0.15, 0.2) is 72.8 Å². The Morgan fingerprint density at radius 3 is 2.30 bits per heavy atom. The summed E-state index contributed by atoms with van der Waals surface area (Å²) in [6.07, 6.45) is 0. The molecule has 30 heavy (non-hydrogen) atoms. The fraction of sp³-hybridized carbons (Fsp3) is 0.115. The van der Waals surface area contributed by atoms with Gasteiger partial charge in [-0.3, -0.25) is 9.59 Å². The van der Waals surface area contributed by atoms with Gasteiger partial charge in [0, 0.05) is 22.2 Å². The van der Waals surface area contributed by atoms with Gasteiger partial charge in [-0.2, -0.15) is 0 Å². The number of rotatable bonds is 4. The molecule has 0 fully saturated rings. The highest BCUT2D eigenvalue weighted by Gasteiger charge is 2.15. The van der Waals surface area contributed by atoms with E-state index in [1.807, 2.05) is 36.4 Å². The van der Waals surface area contributed by atoms with Crippen molar-refractivity contribution in [2.45, 2.75) is 20.8 Å². The second-order valence-electron chi connectivity index (χ2n) is 7.48. The molecule has 4 aromatic rings. The topological polar surface area (TPSA) is 59.1 Å². The number of aryl methyl sites for hydroxylation is 2. The third kappa shape index (κ3) is 3.85. The average molecular weight is 394 g/mol. The van der Waals surface area contributed by atoms with Crippen molar-refractivity contribution in [1.82, 2.24) is 4.98 Å². The predicted molar refractivity (Wildman–Crippen MR) is 121 cm³/mol. The maximum Gasteiger partial charge on any atom is 0.256 e. The van der Waals surface area contributed by atoms with Gasteiger partial charge in [-0.05, 0) is 62.7 Å². The molecule has 1 heterocycles. The number of aromatic nitrogens is 1. The molecule has 148 valence electrons. The van der Waals surface area contributed by atoms with Crippen molar-refractivity contribution in [2.75, 3.05) is 5.32 Å². The lowest BCUT2D eigenvalue weighted by Gasteiger charge is -2.12. The molecule has 1 amide bonds. The third-order valence-electron chi connectivity index (χ3n) is 5.17. The van der Waals surface area contributed by atoms with Gasteiger partial charge in [0.05, 0.1) is 16.8 Å². The van der Waals surface area contributed by atoms with E-state index in [0.29, 0.717) is 16.8 Å². The van der Waals surface area contributed by atoms with Gasteiger partial charge in [0.15, 0.2) is 5.78 Å². The molecule has 0 saturated carbocycles. The molecule has 1 N–H and O–H groups in total. The Morgan fingerprint density at radius 1 is 0.867 bits per heavy atom. The number of fused-ring (bicyclic) bond motifs is 1. The van der Waals surface area contributed by atoms with Gasteiger partial charge < -0.3 is 5.32 Å². The Kier molecular flexibility index (Phi) is 5.15. The molecular formula is C26H22N2O2. The smallest absolute Gasteiger partial charge is 0.256 e. The molecule has 0 saturated heterocycles. The highest BCUT2D eigenvalue weighted by Crippen LogP contribution is 2.28. The number of pyridine rings is 1. The summed E-state index contributed by atoms with van der Waals surface area (Å²) < 4.78 is 0. The standard InChI is InChI=1S/C26H22N2O2/c1-16-8-13-21(17(2)14-16)25-15-23(22-6-4-5-7-24(22)28-25)26(30)27-20-11-9-19(10-12-20)18(3)29/h4-15H,1-3H3,(H,27,30). The zero-order chi connectivity index (χ0) is 21.3. The van der Waals surface area contributed by atoms with Crippen LogP contribution in [0.2, 0.25) is 0 Å². The third-order valence-corrected chi connectivity index (χ3v) is 5.17. The van der Waals surface area contributed by atoms with Crippen LogP contribution in [0.25, 0.3) is 22.2 Å². The Hall–Kier alpha value is -3.79. The highest BCUT2D eigenvalue weighted by atomic mass is 16.1. The molecule has 4 rings (SSSR count). The molecule has 0 aliphatic carbocycles. The number of nitrogens with zero attached hydrogens (tertiary/aromatic N) is 1. The molecule has 4 nitrogen and oxygen atoms in total. The molecule has 0 atom stereocenters. The van der Waals surface area contributed by atoms with Crippen molar-refractivity contribution in [1.29, 1.82) is 0 Å². The summed E-state index contributed by atoms with van der Waals surface area (Å²) in [5.74, 6) is -0.221. The van der Waals surface area contributed by atoms with Crippen molar-refractivity contribution in [3.63, 3.8) is 0 Å². The number of anilines is 1. The quantitative estimate of drug-likeness (QED) is 0.434. The maximum absolute atomic E-state index is 13.2. The largest absolute Gasteiger partial charge is 0.322 e. The molecule has 3 aromatic carbocycles. The van der Waals surface area contributed by atoms with E-state index < -0.39 is 0 Å². The normalized spacial score (nSPS) is 10.8. The zero-order valence-corrected chi connectivity index (χ0v) is 17.2. The van der Waals surface area contributed by atoms with Crippen LogP contribution in [-0.4, -0.2) is 16.7 Å². The van der Waals surface area contributed by atoms with Gasteiger partial charge in [-0.1, -0.05) is 42.0 Å². The average Bonchev–Trinajstić information content (AvgIpc) is 2.73. The first-order valence-corrected chi connectivity index (χ1v) is 9.82. The summed E-state index contributed by atoms with van der Waals surface area (Å²) in [7, 11) is 0. The first-order chi connectivity index (χ1) is 14.4. The molecule has 0 spiro atoms. The lowest BCUT2D eigenvalue weighted by atomic mass is 9.99. The van der Waals surface area contributed by atoms with E-state index in [1.54, 1.807) is 24.3 Å². The Bertz CT molecular complexity index is 1270. The van der Waals surface area contributed by atoms with Crippen LogP contribution in [0.5, 0.6) is 0 Å². The van der Waals surface area contributed by atoms with E-state index >= 15 is 0 Å². The van der Waals surface area contributed by atoms with Crippen LogP contribution in [0.1, 0.15) is 38.8 Å². The fourth-order valence-electron chi connectivity index (χ4n) is 3.59. The Labute approximate surface area is 175 Å². The predicted octanol–water partition coefficient (Wildman–Crippen LogP) is 5.97. The Balaban J connectivity index is 1.77. The first kappa shape index (κ1) is 19.5. The summed E-state index contributed by atoms with van der Waals surface area (Å²) in [4.78, 5) is 29.4. The van der Waals surface area contributed by atoms with Crippen molar-refractivity contribution in [2.24, 2.45) is 0 Å². The number of hydrogen-bond donors (Lipinski definition) is 1. The van der Waals surface area contributed by atoms with Crippen LogP contribution < -0.4 is 5.32 Å². The Morgan fingerprint density at radius 2 is 1.60 bits per heavy atom. The molecule has 1 aromatic heterocycles. The van der Waals surface area contributed by atoms with E-state index in [1.165, 1.54) is 12.5 Å². The number of ketones is 1. The van der Waals surface area contributed by atoms with Crippen LogP contribution in [0.4, 0.5) is 5.69 Å². The number of nitrogens with one attached hydrogen (secondary N) is 1. The van der Waals surface area contributed by atoms with Gasteiger partial charge in [0.2, 0.25) is 0 Å². The van der Waals surface area contributed by atoms with Gasteiger partial charge in [0.25, 0.3) is 5.91 Å². The van der Waals surface area contributed by atoms with Gasteiger partial charge in [-0.25, -0.2) is 4.98 Å². The van der Waals surface area contributed by atoms with Gasteiger partial charge in [-0.15, -0.1) is 0 Å². The molecule has 0 aliphatic heterocycles. The van der Waals surface area contributed by atoms with Crippen molar-refractivity contribution in [3.05, 3.63) is 95.1 Å². The second kappa shape index (κ2) is 7.91. The monoisotopic (exact) mass is 394 g/mol. The SMILES string of the molecule is CC(=O)c1ccc(NC(=O)c2cc(-c3ccc(C)cc3C)nc3ccccc23)cc1. The lowest BCUT2D eigenvalue weighted by molar-refractivity contribution is 0.101. The first-order valence-electron chi connectivity index (χ1n) is 9.82. The van der Waals surface area contributed by atoms with Crippen LogP contribution in [0, 0.1) is 13.8 Å². The number of Topliss-reactive ketones (excluding diaryl/α,β-unsaturated/α-hetero) is 1. The van der Waals surface area contributed by atoms with E-state index in [9.17, 15) is 9.59 Å². The fourth-order valence-corrected chi connectivity index (χ4v) is 3.59. The molecule has 0 unspecified atom stereocenters. The van der Waals surface area contributed by atoms with Crippen LogP contribution in [-0.2, 0) is 0 Å². The minimum absolute atomic E-state index is 0.00823. The number of benzene rings is 3. The van der Waals surface area contributed by atoms with Crippen LogP contribution >= 0.6 is 0 Å². The van der Waals surface area contributed by atoms with Crippen molar-refractivity contribution in [3.8, 4) is 11.3 Å².